The Balaban J connectivity index is 1.13. The van der Waals surface area contributed by atoms with Gasteiger partial charge < -0.3 is 15.0 Å². The first kappa shape index (κ1) is 21.3. The van der Waals surface area contributed by atoms with Gasteiger partial charge in [-0.1, -0.05) is 60.2 Å². The summed E-state index contributed by atoms with van der Waals surface area (Å²) in [5, 5.41) is 3.22. The minimum atomic E-state index is 0.0680. The summed E-state index contributed by atoms with van der Waals surface area (Å²) in [5.41, 5.74) is 4.89. The van der Waals surface area contributed by atoms with Crippen molar-refractivity contribution in [1.82, 2.24) is 15.2 Å². The van der Waals surface area contributed by atoms with Crippen LogP contribution >= 0.6 is 0 Å². The van der Waals surface area contributed by atoms with Crippen molar-refractivity contribution in [3.05, 3.63) is 95.2 Å². The minimum Gasteiger partial charge on any atom is -0.439 e. The van der Waals surface area contributed by atoms with Crippen LogP contribution in [-0.2, 0) is 0 Å². The Bertz CT molecular complexity index is 1130. The Labute approximate surface area is 195 Å². The summed E-state index contributed by atoms with van der Waals surface area (Å²) < 4.78 is 5.89. The van der Waals surface area contributed by atoms with Gasteiger partial charge in [0.25, 0.3) is 0 Å². The summed E-state index contributed by atoms with van der Waals surface area (Å²) in [7, 11) is 0. The minimum absolute atomic E-state index is 0.0680. The highest BCUT2D eigenvalue weighted by Gasteiger charge is 2.40. The van der Waals surface area contributed by atoms with Crippen molar-refractivity contribution in [2.75, 3.05) is 13.1 Å². The number of urea groups is 1. The van der Waals surface area contributed by atoms with Crippen LogP contribution in [0.3, 0.4) is 0 Å². The molecule has 2 aliphatic rings. The number of hydrogen-bond acceptors (Lipinski definition) is 3. The fraction of sp³-hybridized carbons (Fsp3) is 0.286. The molecule has 2 atom stereocenters. The third-order valence-corrected chi connectivity index (χ3v) is 6.36. The van der Waals surface area contributed by atoms with Gasteiger partial charge in [-0.2, -0.15) is 0 Å². The topological polar surface area (TPSA) is 54.5 Å². The van der Waals surface area contributed by atoms with Crippen LogP contribution in [0, 0.1) is 6.92 Å². The molecule has 2 amide bonds. The Kier molecular flexibility index (Phi) is 6.11. The maximum absolute atomic E-state index is 12.7. The Morgan fingerprint density at radius 3 is 2.64 bits per heavy atom. The fourth-order valence-electron chi connectivity index (χ4n) is 4.35. The van der Waals surface area contributed by atoms with Crippen LogP contribution in [-0.4, -0.2) is 35.0 Å². The fourth-order valence-corrected chi connectivity index (χ4v) is 4.35. The van der Waals surface area contributed by atoms with E-state index in [0.29, 0.717) is 11.8 Å². The van der Waals surface area contributed by atoms with E-state index in [4.69, 9.17) is 4.74 Å². The molecule has 2 heterocycles. The molecule has 0 spiro atoms. The number of rotatable bonds is 5. The average molecular weight is 440 g/mol. The molecule has 2 fully saturated rings. The van der Waals surface area contributed by atoms with Gasteiger partial charge in [0.05, 0.1) is 0 Å². The molecule has 1 aromatic heterocycles. The Morgan fingerprint density at radius 1 is 1.06 bits per heavy atom. The average Bonchev–Trinajstić information content (AvgIpc) is 3.61. The van der Waals surface area contributed by atoms with Gasteiger partial charge in [0.1, 0.15) is 5.75 Å². The second kappa shape index (κ2) is 9.49. The van der Waals surface area contributed by atoms with Crippen LogP contribution in [0.2, 0.25) is 0 Å². The van der Waals surface area contributed by atoms with Gasteiger partial charge in [-0.3, -0.25) is 0 Å². The van der Waals surface area contributed by atoms with Crippen molar-refractivity contribution in [3.63, 3.8) is 0 Å². The molecule has 168 valence electrons. The predicted octanol–water partition coefficient (Wildman–Crippen LogP) is 5.93. The predicted molar refractivity (Wildman–Crippen MR) is 130 cm³/mol. The smallest absolute Gasteiger partial charge is 0.317 e. The highest BCUT2D eigenvalue weighted by molar-refractivity contribution is 5.75. The number of carbonyl (C=O) groups is 1. The van der Waals surface area contributed by atoms with Crippen molar-refractivity contribution in [3.8, 4) is 11.6 Å². The molecule has 0 bridgehead atoms. The standard InChI is InChI=1S/C28H29N3O2/c1-20-10-11-27(29-19-20)33-24-9-5-6-22(17-24)16-21-12-14-31(15-13-21)28(32)30-26-18-25(26)23-7-3-2-4-8-23/h2-11,16-17,19,25-26H,12-15,18H2,1H3,(H,30,32). The largest absolute Gasteiger partial charge is 0.439 e. The number of aryl methyl sites for hydroxylation is 1. The lowest BCUT2D eigenvalue weighted by Gasteiger charge is -2.28. The number of pyridine rings is 1. The maximum atomic E-state index is 12.7. The summed E-state index contributed by atoms with van der Waals surface area (Å²) in [6, 6.07) is 22.7. The number of hydrogen-bond donors (Lipinski definition) is 1. The van der Waals surface area contributed by atoms with E-state index in [2.05, 4.69) is 46.7 Å². The molecule has 2 unspecified atom stereocenters. The Hall–Kier alpha value is -3.60. The van der Waals surface area contributed by atoms with Crippen molar-refractivity contribution >= 4 is 12.1 Å². The molecule has 1 aliphatic carbocycles. The van der Waals surface area contributed by atoms with E-state index >= 15 is 0 Å². The molecule has 33 heavy (non-hydrogen) atoms. The molecule has 2 aromatic carbocycles. The first-order valence-corrected chi connectivity index (χ1v) is 11.6. The number of ether oxygens (including phenoxy) is 1. The van der Waals surface area contributed by atoms with Crippen LogP contribution in [0.1, 0.15) is 41.9 Å². The highest BCUT2D eigenvalue weighted by Crippen LogP contribution is 2.40. The number of carbonyl (C=O) groups excluding carboxylic acids is 1. The normalized spacial score (nSPS) is 19.7. The van der Waals surface area contributed by atoms with E-state index in [0.717, 1.165) is 49.2 Å². The van der Waals surface area contributed by atoms with E-state index in [1.807, 2.05) is 48.2 Å². The maximum Gasteiger partial charge on any atom is 0.317 e. The van der Waals surface area contributed by atoms with Crippen molar-refractivity contribution in [2.45, 2.75) is 38.1 Å². The zero-order valence-corrected chi connectivity index (χ0v) is 18.9. The third kappa shape index (κ3) is 5.43. The lowest BCUT2D eigenvalue weighted by atomic mass is 10.0. The summed E-state index contributed by atoms with van der Waals surface area (Å²) in [6.45, 7) is 3.51. The van der Waals surface area contributed by atoms with Gasteiger partial charge in [-0.25, -0.2) is 9.78 Å². The molecule has 0 radical (unpaired) electrons. The molecule has 5 nitrogen and oxygen atoms in total. The highest BCUT2D eigenvalue weighted by atomic mass is 16.5. The SMILES string of the molecule is Cc1ccc(Oc2cccc(C=C3CCN(C(=O)NC4CC4c4ccccc4)CC3)c2)nc1. The quantitative estimate of drug-likeness (QED) is 0.536. The van der Waals surface area contributed by atoms with Gasteiger partial charge >= 0.3 is 6.03 Å². The summed E-state index contributed by atoms with van der Waals surface area (Å²) >= 11 is 0. The monoisotopic (exact) mass is 439 g/mol. The van der Waals surface area contributed by atoms with Gasteiger partial charge in [0, 0.05) is 37.3 Å². The number of aromatic nitrogens is 1. The number of nitrogens with zero attached hydrogens (tertiary/aromatic N) is 2. The van der Waals surface area contributed by atoms with Crippen molar-refractivity contribution < 1.29 is 9.53 Å². The lowest BCUT2D eigenvalue weighted by molar-refractivity contribution is 0.193. The molecule has 1 N–H and O–H groups in total. The zero-order chi connectivity index (χ0) is 22.6. The third-order valence-electron chi connectivity index (χ3n) is 6.36. The van der Waals surface area contributed by atoms with E-state index in [1.165, 1.54) is 11.1 Å². The summed E-state index contributed by atoms with van der Waals surface area (Å²) in [6.07, 6.45) is 6.84. The number of piperidine rings is 1. The number of nitrogens with one attached hydrogen (secondary N) is 1. The van der Waals surface area contributed by atoms with E-state index in [1.54, 1.807) is 6.20 Å². The molecule has 5 rings (SSSR count). The Morgan fingerprint density at radius 2 is 1.88 bits per heavy atom. The molecule has 5 heteroatoms. The van der Waals surface area contributed by atoms with Crippen molar-refractivity contribution in [1.29, 1.82) is 0 Å². The first-order chi connectivity index (χ1) is 16.1. The summed E-state index contributed by atoms with van der Waals surface area (Å²) in [5.74, 6) is 1.82. The van der Waals surface area contributed by atoms with E-state index in [-0.39, 0.29) is 12.1 Å². The summed E-state index contributed by atoms with van der Waals surface area (Å²) in [4.78, 5) is 19.0. The van der Waals surface area contributed by atoms with Crippen LogP contribution in [0.5, 0.6) is 11.6 Å². The second-order valence-electron chi connectivity index (χ2n) is 8.95. The molecular formula is C28H29N3O2. The van der Waals surface area contributed by atoms with Gasteiger partial charge in [0.15, 0.2) is 0 Å². The van der Waals surface area contributed by atoms with E-state index < -0.39 is 0 Å². The number of amides is 2. The molecule has 1 aliphatic heterocycles. The van der Waals surface area contributed by atoms with Crippen LogP contribution in [0.25, 0.3) is 6.08 Å². The van der Waals surface area contributed by atoms with Gasteiger partial charge in [-0.15, -0.1) is 0 Å². The van der Waals surface area contributed by atoms with Crippen LogP contribution < -0.4 is 10.1 Å². The van der Waals surface area contributed by atoms with Crippen LogP contribution in [0.4, 0.5) is 4.79 Å². The number of benzene rings is 2. The molecule has 1 saturated heterocycles. The van der Waals surface area contributed by atoms with E-state index in [9.17, 15) is 4.79 Å². The zero-order valence-electron chi connectivity index (χ0n) is 18.9. The van der Waals surface area contributed by atoms with Crippen molar-refractivity contribution in [2.24, 2.45) is 0 Å². The second-order valence-corrected chi connectivity index (χ2v) is 8.95. The lowest BCUT2D eigenvalue weighted by Crippen LogP contribution is -2.44. The van der Waals surface area contributed by atoms with Crippen LogP contribution in [0.15, 0.2) is 78.5 Å². The molecule has 3 aromatic rings. The number of likely N-dealkylation sites (tertiary alicyclic amines) is 1. The van der Waals surface area contributed by atoms with Gasteiger partial charge in [0.2, 0.25) is 5.88 Å². The molecular weight excluding hydrogens is 410 g/mol. The van der Waals surface area contributed by atoms with Gasteiger partial charge in [-0.05, 0) is 55.0 Å². The first-order valence-electron chi connectivity index (χ1n) is 11.6. The molecule has 1 saturated carbocycles.